The zero-order valence-electron chi connectivity index (χ0n) is 21.0. The quantitative estimate of drug-likeness (QED) is 0.226. The van der Waals surface area contributed by atoms with Crippen LogP contribution in [0, 0.1) is 11.8 Å². The molecule has 2 N–H and O–H groups in total. The maximum atomic E-state index is 13.0. The second-order valence-electron chi connectivity index (χ2n) is 8.72. The number of ether oxygens (including phenoxy) is 4. The van der Waals surface area contributed by atoms with Gasteiger partial charge in [-0.1, -0.05) is 39.2 Å². The van der Waals surface area contributed by atoms with Gasteiger partial charge in [0.25, 0.3) is 0 Å². The van der Waals surface area contributed by atoms with Gasteiger partial charge < -0.3 is 29.2 Å². The van der Waals surface area contributed by atoms with E-state index in [-0.39, 0.29) is 29.6 Å². The van der Waals surface area contributed by atoms with E-state index in [1.54, 1.807) is 13.8 Å². The molecule has 1 aliphatic heterocycles. The van der Waals surface area contributed by atoms with Crippen molar-refractivity contribution in [1.82, 2.24) is 0 Å². The molecule has 0 bridgehead atoms. The molecule has 1 heterocycles. The molecular weight excluding hydrogens is 472 g/mol. The van der Waals surface area contributed by atoms with Crippen molar-refractivity contribution in [3.8, 4) is 0 Å². The Morgan fingerprint density at radius 1 is 1.28 bits per heavy atom. The topological polar surface area (TPSA) is 146 Å². The van der Waals surface area contributed by atoms with Crippen LogP contribution >= 0.6 is 0 Å². The smallest absolute Gasteiger partial charge is 0.337 e. The summed E-state index contributed by atoms with van der Waals surface area (Å²) in [5.41, 5.74) is -0.0595. The molecule has 0 aromatic rings. The first-order chi connectivity index (χ1) is 17.0. The fraction of sp³-hybridized carbons (Fsp3) is 0.538. The van der Waals surface area contributed by atoms with E-state index >= 15 is 0 Å². The summed E-state index contributed by atoms with van der Waals surface area (Å²) in [4.78, 5) is 51.3. The summed E-state index contributed by atoms with van der Waals surface area (Å²) in [6, 6.07) is 0. The Balaban J connectivity index is 2.78. The molecule has 2 rings (SSSR count). The largest absolute Gasteiger partial charge is 0.466 e. The van der Waals surface area contributed by atoms with Crippen molar-refractivity contribution in [3.05, 3.63) is 47.6 Å². The number of aliphatic hydroxyl groups excluding tert-OH is 2. The van der Waals surface area contributed by atoms with Gasteiger partial charge in [0.1, 0.15) is 12.2 Å². The van der Waals surface area contributed by atoms with E-state index in [1.165, 1.54) is 19.1 Å². The zero-order chi connectivity index (χ0) is 27.2. The number of esters is 4. The van der Waals surface area contributed by atoms with E-state index in [4.69, 9.17) is 18.9 Å². The third kappa shape index (κ3) is 6.11. The number of methoxy groups -OCH3 is 1. The number of hydrogen-bond acceptors (Lipinski definition) is 10. The van der Waals surface area contributed by atoms with Crippen LogP contribution in [0.4, 0.5) is 0 Å². The molecule has 0 unspecified atom stereocenters. The molecule has 198 valence electrons. The summed E-state index contributed by atoms with van der Waals surface area (Å²) in [5, 5.41) is 20.5. The first-order valence-corrected chi connectivity index (χ1v) is 11.7. The molecule has 0 aromatic heterocycles. The third-order valence-corrected chi connectivity index (χ3v) is 6.48. The summed E-state index contributed by atoms with van der Waals surface area (Å²) in [5.74, 6) is -5.13. The average molecular weight is 507 g/mol. The second-order valence-corrected chi connectivity index (χ2v) is 8.72. The van der Waals surface area contributed by atoms with E-state index < -0.39 is 66.7 Å². The van der Waals surface area contributed by atoms with Crippen molar-refractivity contribution in [1.29, 1.82) is 0 Å². The lowest BCUT2D eigenvalue weighted by Gasteiger charge is -2.36. The van der Waals surface area contributed by atoms with Gasteiger partial charge in [-0.3, -0.25) is 4.79 Å². The number of aliphatic hydroxyl groups is 2. The number of carbonyl (C=O) groups is 4. The highest BCUT2D eigenvalue weighted by Crippen LogP contribution is 2.40. The van der Waals surface area contributed by atoms with Crippen molar-refractivity contribution in [2.24, 2.45) is 11.8 Å². The molecule has 36 heavy (non-hydrogen) atoms. The van der Waals surface area contributed by atoms with Crippen molar-refractivity contribution < 1.29 is 48.3 Å². The number of allylic oxidation sites excluding steroid dienone is 2. The van der Waals surface area contributed by atoms with Gasteiger partial charge in [-0.15, -0.1) is 0 Å². The van der Waals surface area contributed by atoms with Gasteiger partial charge in [0, 0.05) is 5.57 Å². The Morgan fingerprint density at radius 2 is 1.94 bits per heavy atom. The Hall–Kier alpha value is -3.24. The Kier molecular flexibility index (Phi) is 10.2. The SMILES string of the molecule is C=C1C(=O)O[C@H]2[C@H]1[C@H](OC(=O)/C(=C/C)CO)[C@@H](OC(=O)[C@H](C)CC)/C(C(=O)OC)=C\CCC(=C)[C@@H]2O. The van der Waals surface area contributed by atoms with Crippen LogP contribution in [0.5, 0.6) is 0 Å². The van der Waals surface area contributed by atoms with E-state index in [9.17, 15) is 29.4 Å². The molecule has 0 spiro atoms. The molecule has 1 saturated heterocycles. The molecular formula is C26H34O10. The van der Waals surface area contributed by atoms with Crippen LogP contribution < -0.4 is 0 Å². The van der Waals surface area contributed by atoms with E-state index in [2.05, 4.69) is 13.2 Å². The van der Waals surface area contributed by atoms with Gasteiger partial charge in [0.15, 0.2) is 12.2 Å². The minimum absolute atomic E-state index is 0.111. The molecule has 10 nitrogen and oxygen atoms in total. The van der Waals surface area contributed by atoms with Crippen LogP contribution in [-0.2, 0) is 38.1 Å². The van der Waals surface area contributed by atoms with Crippen molar-refractivity contribution >= 4 is 23.9 Å². The lowest BCUT2D eigenvalue weighted by atomic mass is 9.80. The van der Waals surface area contributed by atoms with Crippen LogP contribution in [0.1, 0.15) is 40.0 Å². The molecule has 2 aliphatic rings. The van der Waals surface area contributed by atoms with E-state index in [0.717, 1.165) is 7.11 Å². The number of rotatable bonds is 7. The molecule has 6 atom stereocenters. The molecule has 0 saturated carbocycles. The van der Waals surface area contributed by atoms with Crippen molar-refractivity contribution in [3.63, 3.8) is 0 Å². The molecule has 1 fully saturated rings. The third-order valence-electron chi connectivity index (χ3n) is 6.48. The molecule has 0 aromatic carbocycles. The van der Waals surface area contributed by atoms with Gasteiger partial charge in [-0.25, -0.2) is 14.4 Å². The van der Waals surface area contributed by atoms with Gasteiger partial charge >= 0.3 is 23.9 Å². The van der Waals surface area contributed by atoms with Crippen LogP contribution in [0.25, 0.3) is 0 Å². The Labute approximate surface area is 210 Å². The lowest BCUT2D eigenvalue weighted by molar-refractivity contribution is -0.174. The fourth-order valence-corrected chi connectivity index (χ4v) is 3.99. The van der Waals surface area contributed by atoms with Crippen molar-refractivity contribution in [2.45, 2.75) is 64.4 Å². The summed E-state index contributed by atoms with van der Waals surface area (Å²) in [6.07, 6.45) is -2.06. The first kappa shape index (κ1) is 29.0. The maximum Gasteiger partial charge on any atom is 0.337 e. The highest BCUT2D eigenvalue weighted by molar-refractivity contribution is 5.93. The fourth-order valence-electron chi connectivity index (χ4n) is 3.99. The van der Waals surface area contributed by atoms with Gasteiger partial charge in [-0.2, -0.15) is 0 Å². The predicted molar refractivity (Wildman–Crippen MR) is 127 cm³/mol. The monoisotopic (exact) mass is 506 g/mol. The minimum Gasteiger partial charge on any atom is -0.466 e. The molecule has 0 amide bonds. The number of carbonyl (C=O) groups excluding carboxylic acids is 4. The number of fused-ring (bicyclic) bond motifs is 1. The predicted octanol–water partition coefficient (Wildman–Crippen LogP) is 1.70. The molecule has 1 aliphatic carbocycles. The van der Waals surface area contributed by atoms with Crippen LogP contribution in [0.2, 0.25) is 0 Å². The van der Waals surface area contributed by atoms with Crippen LogP contribution in [0.15, 0.2) is 47.6 Å². The minimum atomic E-state index is -1.54. The van der Waals surface area contributed by atoms with Crippen LogP contribution in [0.3, 0.4) is 0 Å². The Bertz CT molecular complexity index is 975. The number of hydrogen-bond donors (Lipinski definition) is 2. The summed E-state index contributed by atoms with van der Waals surface area (Å²) >= 11 is 0. The molecule has 0 radical (unpaired) electrons. The lowest BCUT2D eigenvalue weighted by Crippen LogP contribution is -2.50. The standard InChI is InChI=1S/C26H34O10/c1-7-13(3)23(29)34-20-17(26(32)33-6)11-9-10-14(4)19(28)21-18(15(5)24(30)35-21)22(20)36-25(31)16(8-2)12-27/h8,11,13,18-22,27-28H,4-5,7,9-10,12H2,1-3,6H3/b16-8+,17-11+/t13-,18+,19+,20+,21+,22+/m1/s1. The summed E-state index contributed by atoms with van der Waals surface area (Å²) < 4.78 is 21.8. The van der Waals surface area contributed by atoms with Crippen LogP contribution in [-0.4, -0.2) is 72.2 Å². The molecule has 10 heteroatoms. The van der Waals surface area contributed by atoms with Gasteiger partial charge in [0.05, 0.1) is 36.7 Å². The Morgan fingerprint density at radius 3 is 2.50 bits per heavy atom. The zero-order valence-corrected chi connectivity index (χ0v) is 21.0. The normalized spacial score (nSPS) is 29.3. The highest BCUT2D eigenvalue weighted by Gasteiger charge is 2.54. The maximum absolute atomic E-state index is 13.0. The van der Waals surface area contributed by atoms with E-state index in [1.807, 2.05) is 0 Å². The van der Waals surface area contributed by atoms with Gasteiger partial charge in [-0.05, 0) is 31.8 Å². The average Bonchev–Trinajstić information content (AvgIpc) is 3.16. The first-order valence-electron chi connectivity index (χ1n) is 11.7. The van der Waals surface area contributed by atoms with E-state index in [0.29, 0.717) is 12.0 Å². The van der Waals surface area contributed by atoms with Crippen molar-refractivity contribution in [2.75, 3.05) is 13.7 Å². The second kappa shape index (κ2) is 12.6. The van der Waals surface area contributed by atoms with Gasteiger partial charge in [0.2, 0.25) is 0 Å². The summed E-state index contributed by atoms with van der Waals surface area (Å²) in [7, 11) is 1.15. The summed E-state index contributed by atoms with van der Waals surface area (Å²) in [6.45, 7) is 11.9. The highest BCUT2D eigenvalue weighted by atomic mass is 16.6.